The number of fused-ring (bicyclic) bond motifs is 3. The lowest BCUT2D eigenvalue weighted by Gasteiger charge is -1.84. The molecule has 1 aliphatic rings. The van der Waals surface area contributed by atoms with Gasteiger partial charge in [-0.3, -0.25) is 0 Å². The Morgan fingerprint density at radius 2 is 2.25 bits per heavy atom. The molecule has 0 saturated carbocycles. The molecule has 0 aromatic carbocycles. The Hall–Kier alpha value is -0.600. The first-order valence-corrected chi connectivity index (χ1v) is 5.66. The van der Waals surface area contributed by atoms with Gasteiger partial charge in [-0.2, -0.15) is 0 Å². The van der Waals surface area contributed by atoms with Crippen LogP contribution in [-0.4, -0.2) is 0 Å². The maximum Gasteiger partial charge on any atom is 0.0876 e. The molecule has 1 aliphatic carbocycles. The topological polar surface area (TPSA) is 0 Å². The Kier molecular flexibility index (Phi) is 1.26. The third-order valence-corrected chi connectivity index (χ3v) is 4.60. The van der Waals surface area contributed by atoms with Crippen molar-refractivity contribution in [2.45, 2.75) is 13.3 Å². The highest BCUT2D eigenvalue weighted by atomic mass is 32.2. The minimum Gasteiger partial charge on any atom is -0.130 e. The van der Waals surface area contributed by atoms with Crippen LogP contribution in [0.5, 0.6) is 0 Å². The van der Waals surface area contributed by atoms with E-state index >= 15 is 0 Å². The summed E-state index contributed by atoms with van der Waals surface area (Å²) < 4.78 is 1.50. The lowest BCUT2D eigenvalue weighted by atomic mass is 10.2. The van der Waals surface area contributed by atoms with Crippen molar-refractivity contribution in [2.75, 3.05) is 0 Å². The third kappa shape index (κ3) is 0.767. The van der Waals surface area contributed by atoms with E-state index < -0.39 is 0 Å². The maximum atomic E-state index is 2.31. The number of thiophene rings is 2. The zero-order valence-electron chi connectivity index (χ0n) is 6.76. The van der Waals surface area contributed by atoms with Crippen molar-refractivity contribution in [1.29, 1.82) is 0 Å². The molecule has 12 heavy (non-hydrogen) atoms. The van der Waals surface area contributed by atoms with Crippen molar-refractivity contribution >= 4 is 38.1 Å². The molecule has 0 N–H and O–H groups in total. The van der Waals surface area contributed by atoms with Crippen LogP contribution in [0.1, 0.15) is 15.3 Å². The third-order valence-electron chi connectivity index (χ3n) is 2.22. The molecule has 0 fully saturated rings. The minimum absolute atomic E-state index is 1.15. The second kappa shape index (κ2) is 2.21. The van der Waals surface area contributed by atoms with Crippen molar-refractivity contribution < 1.29 is 0 Å². The van der Waals surface area contributed by atoms with E-state index in [0.29, 0.717) is 0 Å². The van der Waals surface area contributed by atoms with Crippen molar-refractivity contribution in [3.05, 3.63) is 27.5 Å². The predicted molar refractivity (Wildman–Crippen MR) is 57.2 cm³/mol. The Labute approximate surface area is 79.2 Å². The summed E-state index contributed by atoms with van der Waals surface area (Å²) in [6, 6.07) is 2.31. The van der Waals surface area contributed by atoms with E-state index in [4.69, 9.17) is 0 Å². The lowest BCUT2D eigenvalue weighted by molar-refractivity contribution is 1.40. The van der Waals surface area contributed by atoms with Crippen LogP contribution in [0, 0.1) is 6.92 Å². The molecular weight excluding hydrogens is 184 g/mol. The highest BCUT2D eigenvalue weighted by Gasteiger charge is 2.14. The van der Waals surface area contributed by atoms with Gasteiger partial charge < -0.3 is 0 Å². The van der Waals surface area contributed by atoms with Crippen LogP contribution >= 0.6 is 22.7 Å². The van der Waals surface area contributed by atoms with E-state index in [1.165, 1.54) is 19.8 Å². The van der Waals surface area contributed by atoms with Crippen LogP contribution in [-0.2, 0) is 6.42 Å². The van der Waals surface area contributed by atoms with E-state index in [1.54, 1.807) is 4.88 Å². The average Bonchev–Trinajstić information content (AvgIpc) is 2.59. The number of allylic oxidation sites excluding steroid dienone is 1. The molecule has 0 spiro atoms. The fourth-order valence-electron chi connectivity index (χ4n) is 1.69. The smallest absolute Gasteiger partial charge is 0.0876 e. The van der Waals surface area contributed by atoms with Gasteiger partial charge in [-0.15, -0.1) is 22.7 Å². The second-order valence-electron chi connectivity index (χ2n) is 3.10. The van der Waals surface area contributed by atoms with Gasteiger partial charge in [0.1, 0.15) is 0 Å². The Balaban J connectivity index is 2.47. The van der Waals surface area contributed by atoms with Gasteiger partial charge in [0.05, 0.1) is 4.01 Å². The van der Waals surface area contributed by atoms with Crippen LogP contribution < -0.4 is 0 Å². The van der Waals surface area contributed by atoms with Crippen LogP contribution in [0.3, 0.4) is 0 Å². The number of hydrogen-bond acceptors (Lipinski definition) is 2. The number of hydrogen-bond donors (Lipinski definition) is 0. The highest BCUT2D eigenvalue weighted by molar-refractivity contribution is 7.38. The predicted octanol–water partition coefficient (Wildman–Crippen LogP) is 3.84. The number of rotatable bonds is 0. The summed E-state index contributed by atoms with van der Waals surface area (Å²) >= 11 is 3.88. The Bertz CT molecular complexity index is 471. The molecule has 3 rings (SSSR count). The fourth-order valence-corrected chi connectivity index (χ4v) is 4.27. The summed E-state index contributed by atoms with van der Waals surface area (Å²) in [5, 5.41) is 1.48. The first-order valence-electron chi connectivity index (χ1n) is 4.03. The zero-order chi connectivity index (χ0) is 8.13. The molecular formula is C10H8S2. The normalized spacial score (nSPS) is 14.4. The summed E-state index contributed by atoms with van der Waals surface area (Å²) in [6.45, 7) is 2.18. The first-order chi connectivity index (χ1) is 5.84. The molecule has 2 aromatic rings. The molecule has 0 unspecified atom stereocenters. The van der Waals surface area contributed by atoms with Crippen molar-refractivity contribution in [3.8, 4) is 0 Å². The lowest BCUT2D eigenvalue weighted by Crippen LogP contribution is -1.67. The van der Waals surface area contributed by atoms with Gasteiger partial charge >= 0.3 is 0 Å². The maximum absolute atomic E-state index is 2.31. The molecule has 2 heteroatoms. The van der Waals surface area contributed by atoms with Crippen LogP contribution in [0.15, 0.2) is 12.1 Å². The molecule has 0 nitrogen and oxygen atoms in total. The fraction of sp³-hybridized carbons (Fsp3) is 0.200. The van der Waals surface area contributed by atoms with Gasteiger partial charge in [-0.1, -0.05) is 12.2 Å². The van der Waals surface area contributed by atoms with E-state index in [1.807, 2.05) is 22.7 Å². The first kappa shape index (κ1) is 6.87. The summed E-state index contributed by atoms with van der Waals surface area (Å²) in [6.07, 6.45) is 5.67. The van der Waals surface area contributed by atoms with E-state index in [0.717, 1.165) is 6.42 Å². The minimum atomic E-state index is 1.15. The molecule has 0 bridgehead atoms. The summed E-state index contributed by atoms with van der Waals surface area (Å²) in [7, 11) is 0. The Morgan fingerprint density at radius 3 is 3.17 bits per heavy atom. The van der Waals surface area contributed by atoms with Gasteiger partial charge in [-0.05, 0) is 18.6 Å². The molecule has 0 aliphatic heterocycles. The van der Waals surface area contributed by atoms with E-state index in [2.05, 4.69) is 25.1 Å². The standard InChI is InChI=1S/C10H8S2/c1-6-5-8-7-3-2-4-9(7)12-10(8)11-6/h2-3,5H,4H2,1H3. The largest absolute Gasteiger partial charge is 0.130 e. The average molecular weight is 192 g/mol. The van der Waals surface area contributed by atoms with Crippen LogP contribution in [0.4, 0.5) is 0 Å². The quantitative estimate of drug-likeness (QED) is 0.595. The van der Waals surface area contributed by atoms with Gasteiger partial charge in [-0.25, -0.2) is 0 Å². The van der Waals surface area contributed by atoms with Gasteiger partial charge in [0.25, 0.3) is 0 Å². The van der Waals surface area contributed by atoms with Gasteiger partial charge in [0, 0.05) is 21.6 Å². The molecule has 0 atom stereocenters. The number of aryl methyl sites for hydroxylation is 1. The monoisotopic (exact) mass is 192 g/mol. The van der Waals surface area contributed by atoms with Crippen molar-refractivity contribution in [2.24, 2.45) is 0 Å². The summed E-state index contributed by atoms with van der Waals surface area (Å²) in [5.41, 5.74) is 1.49. The SMILES string of the molecule is Cc1cc2c3c(sc2s1)CC=C3. The summed E-state index contributed by atoms with van der Waals surface area (Å²) in [4.78, 5) is 2.98. The summed E-state index contributed by atoms with van der Waals surface area (Å²) in [5.74, 6) is 0. The zero-order valence-corrected chi connectivity index (χ0v) is 8.39. The van der Waals surface area contributed by atoms with Crippen LogP contribution in [0.25, 0.3) is 15.5 Å². The van der Waals surface area contributed by atoms with Crippen LogP contribution in [0.2, 0.25) is 0 Å². The molecule has 2 heterocycles. The molecule has 0 radical (unpaired) electrons. The van der Waals surface area contributed by atoms with E-state index in [9.17, 15) is 0 Å². The van der Waals surface area contributed by atoms with E-state index in [-0.39, 0.29) is 0 Å². The highest BCUT2D eigenvalue weighted by Crippen LogP contribution is 2.40. The molecule has 0 saturated heterocycles. The molecule has 60 valence electrons. The second-order valence-corrected chi connectivity index (χ2v) is 5.72. The van der Waals surface area contributed by atoms with Gasteiger partial charge in [0.2, 0.25) is 0 Å². The van der Waals surface area contributed by atoms with Gasteiger partial charge in [0.15, 0.2) is 0 Å². The molecule has 0 amide bonds. The van der Waals surface area contributed by atoms with Crippen molar-refractivity contribution in [1.82, 2.24) is 0 Å². The van der Waals surface area contributed by atoms with Crippen molar-refractivity contribution in [3.63, 3.8) is 0 Å². The Morgan fingerprint density at radius 1 is 1.33 bits per heavy atom. The molecule has 2 aromatic heterocycles.